The van der Waals surface area contributed by atoms with E-state index in [1.807, 2.05) is 31.2 Å². The highest BCUT2D eigenvalue weighted by Crippen LogP contribution is 2.32. The Labute approximate surface area is 106 Å². The number of aryl methyl sites for hydroxylation is 1. The van der Waals surface area contributed by atoms with E-state index >= 15 is 0 Å². The maximum absolute atomic E-state index is 12.2. The van der Waals surface area contributed by atoms with Crippen LogP contribution in [-0.4, -0.2) is 10.3 Å². The highest BCUT2D eigenvalue weighted by Gasteiger charge is 2.31. The van der Waals surface area contributed by atoms with Gasteiger partial charge in [0, 0.05) is 6.04 Å². The third-order valence-corrected chi connectivity index (χ3v) is 4.45. The fourth-order valence-electron chi connectivity index (χ4n) is 1.94. The summed E-state index contributed by atoms with van der Waals surface area (Å²) in [5.41, 5.74) is 1.34. The van der Waals surface area contributed by atoms with E-state index in [1.54, 1.807) is 0 Å². The van der Waals surface area contributed by atoms with Crippen molar-refractivity contribution in [2.75, 3.05) is 0 Å². The summed E-state index contributed by atoms with van der Waals surface area (Å²) in [5.74, 6) is 0. The molecule has 0 amide bonds. The third kappa shape index (κ3) is 2.85. The highest BCUT2D eigenvalue weighted by atomic mass is 32.2. The van der Waals surface area contributed by atoms with E-state index in [2.05, 4.69) is 30.7 Å². The van der Waals surface area contributed by atoms with Crippen LogP contribution in [0.25, 0.3) is 0 Å². The van der Waals surface area contributed by atoms with Crippen molar-refractivity contribution in [2.24, 2.45) is 5.41 Å². The summed E-state index contributed by atoms with van der Waals surface area (Å²) in [6.45, 7) is 6.41. The predicted octanol–water partition coefficient (Wildman–Crippen LogP) is 2.96. The lowest BCUT2D eigenvalue weighted by atomic mass is 9.87. The minimum Gasteiger partial charge on any atom is -0.237 e. The molecule has 2 atom stereocenters. The number of nitrogens with one attached hydrogen (secondary N) is 1. The first kappa shape index (κ1) is 12.5. The van der Waals surface area contributed by atoms with Crippen LogP contribution < -0.4 is 4.72 Å². The molecular weight excluding hydrogens is 230 g/mol. The molecule has 1 aliphatic rings. The van der Waals surface area contributed by atoms with Gasteiger partial charge in [-0.25, -0.2) is 8.93 Å². The van der Waals surface area contributed by atoms with E-state index < -0.39 is 11.0 Å². The van der Waals surface area contributed by atoms with Crippen LogP contribution in [0.2, 0.25) is 0 Å². The van der Waals surface area contributed by atoms with Crippen molar-refractivity contribution < 1.29 is 4.21 Å². The second kappa shape index (κ2) is 4.75. The van der Waals surface area contributed by atoms with E-state index in [0.29, 0.717) is 0 Å². The van der Waals surface area contributed by atoms with E-state index in [4.69, 9.17) is 0 Å². The Morgan fingerprint density at radius 1 is 1.29 bits per heavy atom. The molecule has 2 nitrogen and oxygen atoms in total. The van der Waals surface area contributed by atoms with Crippen LogP contribution in [0.1, 0.15) is 25.8 Å². The number of rotatable bonds is 3. The fraction of sp³-hybridized carbons (Fsp3) is 0.429. The zero-order chi connectivity index (χ0) is 12.5. The van der Waals surface area contributed by atoms with Gasteiger partial charge in [0.05, 0.1) is 4.90 Å². The largest absolute Gasteiger partial charge is 0.237 e. The lowest BCUT2D eigenvalue weighted by Crippen LogP contribution is -2.38. The molecule has 1 aromatic rings. The first-order valence-electron chi connectivity index (χ1n) is 5.90. The summed E-state index contributed by atoms with van der Waals surface area (Å²) >= 11 is 0. The molecule has 1 aromatic carbocycles. The van der Waals surface area contributed by atoms with Gasteiger partial charge in [-0.1, -0.05) is 43.7 Å². The van der Waals surface area contributed by atoms with E-state index in [9.17, 15) is 4.21 Å². The van der Waals surface area contributed by atoms with Crippen molar-refractivity contribution in [3.63, 3.8) is 0 Å². The molecule has 0 heterocycles. The number of hydrogen-bond acceptors (Lipinski definition) is 1. The van der Waals surface area contributed by atoms with Crippen molar-refractivity contribution in [1.29, 1.82) is 0 Å². The Hall–Kier alpha value is -0.930. The zero-order valence-corrected chi connectivity index (χ0v) is 11.4. The van der Waals surface area contributed by atoms with E-state index in [-0.39, 0.29) is 11.5 Å². The van der Waals surface area contributed by atoms with Gasteiger partial charge < -0.3 is 0 Å². The van der Waals surface area contributed by atoms with Crippen molar-refractivity contribution in [1.82, 2.24) is 4.72 Å². The molecule has 0 bridgehead atoms. The van der Waals surface area contributed by atoms with Gasteiger partial charge in [0.2, 0.25) is 0 Å². The fourth-order valence-corrected chi connectivity index (χ4v) is 3.09. The van der Waals surface area contributed by atoms with Crippen LogP contribution >= 0.6 is 0 Å². The second-order valence-electron chi connectivity index (χ2n) is 5.30. The third-order valence-electron chi connectivity index (χ3n) is 3.28. The Morgan fingerprint density at radius 2 is 1.94 bits per heavy atom. The van der Waals surface area contributed by atoms with Crippen LogP contribution in [0.3, 0.4) is 0 Å². The topological polar surface area (TPSA) is 29.1 Å². The summed E-state index contributed by atoms with van der Waals surface area (Å²) in [5, 5.41) is 0. The predicted molar refractivity (Wildman–Crippen MR) is 72.0 cm³/mol. The molecule has 0 spiro atoms. The molecule has 0 radical (unpaired) electrons. The standard InChI is InChI=1S/C14H19NOS/c1-11-6-8-12(9-7-11)17(16)15-13-5-4-10-14(13,2)3/h4-9,13,15H,10H2,1-3H3/t13?,17-/m0/s1. The quantitative estimate of drug-likeness (QED) is 0.820. The van der Waals surface area contributed by atoms with Crippen molar-refractivity contribution >= 4 is 11.0 Å². The average molecular weight is 249 g/mol. The lowest BCUT2D eigenvalue weighted by molar-refractivity contribution is 0.336. The average Bonchev–Trinajstić information content (AvgIpc) is 2.59. The van der Waals surface area contributed by atoms with Crippen LogP contribution in [0.4, 0.5) is 0 Å². The lowest BCUT2D eigenvalue weighted by Gasteiger charge is -2.27. The highest BCUT2D eigenvalue weighted by molar-refractivity contribution is 7.83. The van der Waals surface area contributed by atoms with Gasteiger partial charge >= 0.3 is 0 Å². The minimum atomic E-state index is -1.13. The minimum absolute atomic E-state index is 0.153. The Bertz CT molecular complexity index is 448. The molecule has 1 aliphatic carbocycles. The van der Waals surface area contributed by atoms with Crippen LogP contribution in [0, 0.1) is 12.3 Å². The van der Waals surface area contributed by atoms with E-state index in [0.717, 1.165) is 11.3 Å². The molecule has 0 saturated carbocycles. The Morgan fingerprint density at radius 3 is 2.47 bits per heavy atom. The summed E-state index contributed by atoms with van der Waals surface area (Å²) in [6.07, 6.45) is 5.31. The monoisotopic (exact) mass is 249 g/mol. The Balaban J connectivity index is 2.07. The van der Waals surface area contributed by atoms with Crippen molar-refractivity contribution in [3.8, 4) is 0 Å². The summed E-state index contributed by atoms with van der Waals surface area (Å²) < 4.78 is 15.4. The molecule has 0 aromatic heterocycles. The number of hydrogen-bond donors (Lipinski definition) is 1. The number of benzene rings is 1. The van der Waals surface area contributed by atoms with E-state index in [1.165, 1.54) is 5.56 Å². The summed E-state index contributed by atoms with van der Waals surface area (Å²) in [6, 6.07) is 8.01. The molecule has 92 valence electrons. The molecule has 0 saturated heterocycles. The van der Waals surface area contributed by atoms with Gasteiger partial charge in [-0.3, -0.25) is 0 Å². The molecule has 1 N–H and O–H groups in total. The molecule has 1 unspecified atom stereocenters. The van der Waals surface area contributed by atoms with Crippen LogP contribution in [0.15, 0.2) is 41.3 Å². The number of allylic oxidation sites excluding steroid dienone is 1. The second-order valence-corrected chi connectivity index (χ2v) is 6.54. The first-order valence-corrected chi connectivity index (χ1v) is 7.05. The molecule has 0 fully saturated rings. The van der Waals surface area contributed by atoms with Gasteiger partial charge in [0.15, 0.2) is 0 Å². The molecule has 3 heteroatoms. The molecular formula is C14H19NOS. The van der Waals surface area contributed by atoms with Gasteiger partial charge in [0.25, 0.3) is 0 Å². The molecule has 17 heavy (non-hydrogen) atoms. The van der Waals surface area contributed by atoms with Gasteiger partial charge in [0.1, 0.15) is 11.0 Å². The summed E-state index contributed by atoms with van der Waals surface area (Å²) in [4.78, 5) is 0.840. The van der Waals surface area contributed by atoms with Crippen molar-refractivity contribution in [3.05, 3.63) is 42.0 Å². The molecule has 0 aliphatic heterocycles. The Kier molecular flexibility index (Phi) is 3.50. The van der Waals surface area contributed by atoms with Gasteiger partial charge in [-0.05, 0) is 30.9 Å². The smallest absolute Gasteiger partial charge is 0.125 e. The first-order chi connectivity index (χ1) is 7.99. The van der Waals surface area contributed by atoms with Gasteiger partial charge in [-0.15, -0.1) is 0 Å². The molecule has 2 rings (SSSR count). The SMILES string of the molecule is Cc1ccc([S@](=O)NC2C=CCC2(C)C)cc1. The van der Waals surface area contributed by atoms with Crippen LogP contribution in [-0.2, 0) is 11.0 Å². The maximum atomic E-state index is 12.2. The van der Waals surface area contributed by atoms with Crippen molar-refractivity contribution in [2.45, 2.75) is 38.1 Å². The summed E-state index contributed by atoms with van der Waals surface area (Å²) in [7, 11) is -1.13. The normalized spacial score (nSPS) is 23.8. The van der Waals surface area contributed by atoms with Crippen LogP contribution in [0.5, 0.6) is 0 Å². The van der Waals surface area contributed by atoms with Gasteiger partial charge in [-0.2, -0.15) is 0 Å². The zero-order valence-electron chi connectivity index (χ0n) is 10.6. The maximum Gasteiger partial charge on any atom is 0.125 e.